The van der Waals surface area contributed by atoms with E-state index in [0.29, 0.717) is 30.3 Å². The number of aromatic amines is 1. The van der Waals surface area contributed by atoms with E-state index < -0.39 is 0 Å². The van der Waals surface area contributed by atoms with Gasteiger partial charge in [-0.15, -0.1) is 0 Å². The van der Waals surface area contributed by atoms with Crippen molar-refractivity contribution in [3.63, 3.8) is 0 Å². The molecule has 1 atom stereocenters. The molecule has 4 N–H and O–H groups in total. The van der Waals surface area contributed by atoms with E-state index in [9.17, 15) is 4.79 Å². The van der Waals surface area contributed by atoms with Gasteiger partial charge in [0.2, 0.25) is 0 Å². The summed E-state index contributed by atoms with van der Waals surface area (Å²) in [5, 5.41) is 13.0. The van der Waals surface area contributed by atoms with Crippen molar-refractivity contribution in [3.8, 4) is 0 Å². The molecule has 0 fully saturated rings. The summed E-state index contributed by atoms with van der Waals surface area (Å²) in [5.74, 6) is 0.277. The van der Waals surface area contributed by atoms with Crippen LogP contribution < -0.4 is 11.1 Å². The highest BCUT2D eigenvalue weighted by molar-refractivity contribution is 5.94. The Morgan fingerprint density at radius 3 is 3.14 bits per heavy atom. The SMILES string of the molecule is NCC1CCCc2ccc(C(=O)NCc3cn[nH]n3)cc21. The van der Waals surface area contributed by atoms with Crippen LogP contribution in [-0.2, 0) is 13.0 Å². The van der Waals surface area contributed by atoms with Crippen LogP contribution in [0.25, 0.3) is 0 Å². The van der Waals surface area contributed by atoms with Crippen LogP contribution in [0.4, 0.5) is 0 Å². The van der Waals surface area contributed by atoms with Crippen molar-refractivity contribution in [2.75, 3.05) is 6.54 Å². The standard InChI is InChI=1S/C15H19N5O/c16-7-12-3-1-2-10-4-5-11(6-14(10)12)15(21)17-8-13-9-18-20-19-13/h4-6,9,12H,1-3,7-8,16H2,(H,17,21)(H,18,19,20). The molecule has 1 aromatic heterocycles. The number of carbonyl (C=O) groups excluding carboxylic acids is 1. The van der Waals surface area contributed by atoms with Gasteiger partial charge in [0.25, 0.3) is 5.91 Å². The first-order chi connectivity index (χ1) is 10.3. The van der Waals surface area contributed by atoms with E-state index in [1.807, 2.05) is 12.1 Å². The Hall–Kier alpha value is -2.21. The molecule has 6 heteroatoms. The number of hydrogen-bond donors (Lipinski definition) is 3. The molecule has 1 unspecified atom stereocenters. The van der Waals surface area contributed by atoms with Crippen molar-refractivity contribution in [2.45, 2.75) is 31.7 Å². The quantitative estimate of drug-likeness (QED) is 0.784. The number of nitrogens with two attached hydrogens (primary N) is 1. The van der Waals surface area contributed by atoms with Crippen LogP contribution in [-0.4, -0.2) is 27.9 Å². The molecule has 0 saturated heterocycles. The fourth-order valence-corrected chi connectivity index (χ4v) is 2.87. The lowest BCUT2D eigenvalue weighted by Gasteiger charge is -2.24. The van der Waals surface area contributed by atoms with Crippen LogP contribution >= 0.6 is 0 Å². The van der Waals surface area contributed by atoms with E-state index in [2.05, 4.69) is 26.8 Å². The Kier molecular flexibility index (Phi) is 3.96. The minimum absolute atomic E-state index is 0.0952. The molecule has 0 aliphatic heterocycles. The van der Waals surface area contributed by atoms with Crippen molar-refractivity contribution in [1.82, 2.24) is 20.7 Å². The molecule has 3 rings (SSSR count). The van der Waals surface area contributed by atoms with Gasteiger partial charge in [0, 0.05) is 5.56 Å². The minimum Gasteiger partial charge on any atom is -0.346 e. The Morgan fingerprint density at radius 1 is 1.48 bits per heavy atom. The third kappa shape index (κ3) is 2.95. The zero-order chi connectivity index (χ0) is 14.7. The normalized spacial score (nSPS) is 17.3. The summed E-state index contributed by atoms with van der Waals surface area (Å²) < 4.78 is 0. The molecule has 0 saturated carbocycles. The Labute approximate surface area is 123 Å². The van der Waals surface area contributed by atoms with Gasteiger partial charge >= 0.3 is 0 Å². The monoisotopic (exact) mass is 285 g/mol. The molecule has 6 nitrogen and oxygen atoms in total. The summed E-state index contributed by atoms with van der Waals surface area (Å²) in [6.07, 6.45) is 4.95. The van der Waals surface area contributed by atoms with E-state index in [-0.39, 0.29) is 5.91 Å². The number of H-pyrrole nitrogens is 1. The minimum atomic E-state index is -0.0952. The lowest BCUT2D eigenvalue weighted by molar-refractivity contribution is 0.0950. The van der Waals surface area contributed by atoms with Crippen molar-refractivity contribution in [2.24, 2.45) is 5.73 Å². The Bertz CT molecular complexity index is 623. The molecular weight excluding hydrogens is 266 g/mol. The fourth-order valence-electron chi connectivity index (χ4n) is 2.87. The predicted octanol–water partition coefficient (Wildman–Crippen LogP) is 1.11. The van der Waals surface area contributed by atoms with Gasteiger partial charge in [0.1, 0.15) is 5.69 Å². The molecule has 1 heterocycles. The van der Waals surface area contributed by atoms with Crippen LogP contribution in [0.1, 0.15) is 45.9 Å². The third-order valence-corrected chi connectivity index (χ3v) is 4.03. The number of nitrogens with zero attached hydrogens (tertiary/aromatic N) is 2. The van der Waals surface area contributed by atoms with E-state index in [1.165, 1.54) is 17.5 Å². The maximum Gasteiger partial charge on any atom is 0.251 e. The van der Waals surface area contributed by atoms with Crippen LogP contribution in [0.3, 0.4) is 0 Å². The number of aryl methyl sites for hydroxylation is 1. The maximum atomic E-state index is 12.2. The maximum absolute atomic E-state index is 12.2. The van der Waals surface area contributed by atoms with E-state index in [0.717, 1.165) is 12.8 Å². The Morgan fingerprint density at radius 2 is 2.38 bits per heavy atom. The number of amides is 1. The zero-order valence-corrected chi connectivity index (χ0v) is 11.8. The number of aromatic nitrogens is 3. The lowest BCUT2D eigenvalue weighted by Crippen LogP contribution is -2.24. The number of rotatable bonds is 4. The number of fused-ring (bicyclic) bond motifs is 1. The highest BCUT2D eigenvalue weighted by Crippen LogP contribution is 2.31. The van der Waals surface area contributed by atoms with Gasteiger partial charge in [-0.1, -0.05) is 6.07 Å². The molecule has 21 heavy (non-hydrogen) atoms. The second kappa shape index (κ2) is 6.05. The van der Waals surface area contributed by atoms with Gasteiger partial charge in [-0.25, -0.2) is 0 Å². The fraction of sp³-hybridized carbons (Fsp3) is 0.400. The van der Waals surface area contributed by atoms with Crippen LogP contribution in [0, 0.1) is 0 Å². The molecule has 0 bridgehead atoms. The van der Waals surface area contributed by atoms with E-state index in [1.54, 1.807) is 6.20 Å². The molecule has 2 aromatic rings. The number of carbonyl (C=O) groups is 1. The van der Waals surface area contributed by atoms with Crippen molar-refractivity contribution in [3.05, 3.63) is 46.8 Å². The van der Waals surface area contributed by atoms with Gasteiger partial charge in [-0.2, -0.15) is 15.4 Å². The highest BCUT2D eigenvalue weighted by Gasteiger charge is 2.20. The van der Waals surface area contributed by atoms with E-state index >= 15 is 0 Å². The van der Waals surface area contributed by atoms with Gasteiger partial charge in [-0.3, -0.25) is 4.79 Å². The number of nitrogens with one attached hydrogen (secondary N) is 2. The summed E-state index contributed by atoms with van der Waals surface area (Å²) in [5.41, 5.74) is 9.79. The van der Waals surface area contributed by atoms with Crippen molar-refractivity contribution < 1.29 is 4.79 Å². The molecular formula is C15H19N5O. The van der Waals surface area contributed by atoms with Crippen LogP contribution in [0.15, 0.2) is 24.4 Å². The summed E-state index contributed by atoms with van der Waals surface area (Å²) in [6.45, 7) is 1.00. The average Bonchev–Trinajstić information content (AvgIpc) is 3.05. The van der Waals surface area contributed by atoms with Crippen molar-refractivity contribution in [1.29, 1.82) is 0 Å². The molecule has 0 spiro atoms. The van der Waals surface area contributed by atoms with Gasteiger partial charge in [0.05, 0.1) is 12.7 Å². The van der Waals surface area contributed by atoms with Gasteiger partial charge in [-0.05, 0) is 55.0 Å². The summed E-state index contributed by atoms with van der Waals surface area (Å²) in [7, 11) is 0. The molecule has 1 aliphatic carbocycles. The largest absolute Gasteiger partial charge is 0.346 e. The first-order valence-electron chi connectivity index (χ1n) is 7.23. The van der Waals surface area contributed by atoms with Crippen LogP contribution in [0.2, 0.25) is 0 Å². The topological polar surface area (TPSA) is 96.7 Å². The second-order valence-corrected chi connectivity index (χ2v) is 5.38. The van der Waals surface area contributed by atoms with E-state index in [4.69, 9.17) is 5.73 Å². The average molecular weight is 285 g/mol. The predicted molar refractivity (Wildman–Crippen MR) is 78.7 cm³/mol. The second-order valence-electron chi connectivity index (χ2n) is 5.38. The smallest absolute Gasteiger partial charge is 0.251 e. The summed E-state index contributed by atoms with van der Waals surface area (Å²) >= 11 is 0. The first kappa shape index (κ1) is 13.8. The van der Waals surface area contributed by atoms with Crippen molar-refractivity contribution >= 4 is 5.91 Å². The van der Waals surface area contributed by atoms with Crippen LogP contribution in [0.5, 0.6) is 0 Å². The summed E-state index contributed by atoms with van der Waals surface area (Å²) in [6, 6.07) is 5.93. The third-order valence-electron chi connectivity index (χ3n) is 4.03. The summed E-state index contributed by atoms with van der Waals surface area (Å²) in [4.78, 5) is 12.2. The molecule has 1 aliphatic rings. The number of benzene rings is 1. The molecule has 110 valence electrons. The highest BCUT2D eigenvalue weighted by atomic mass is 16.1. The van der Waals surface area contributed by atoms with Gasteiger partial charge < -0.3 is 11.1 Å². The zero-order valence-electron chi connectivity index (χ0n) is 11.8. The molecule has 0 radical (unpaired) electrons. The number of hydrogen-bond acceptors (Lipinski definition) is 4. The Balaban J connectivity index is 1.74. The first-order valence-corrected chi connectivity index (χ1v) is 7.23. The molecule has 1 aromatic carbocycles. The molecule has 1 amide bonds. The lowest BCUT2D eigenvalue weighted by atomic mass is 9.82. The van der Waals surface area contributed by atoms with Gasteiger partial charge in [0.15, 0.2) is 0 Å².